The van der Waals surface area contributed by atoms with Gasteiger partial charge in [0.1, 0.15) is 12.4 Å². The SMILES string of the molecule is O=c1[nH]c(-c2cc(F)c(OCc3ccccc3)c(F)c2)nc2ccccc12. The van der Waals surface area contributed by atoms with Gasteiger partial charge in [0.15, 0.2) is 17.4 Å². The fraction of sp³-hybridized carbons (Fsp3) is 0.0476. The second-order valence-electron chi connectivity index (χ2n) is 5.97. The van der Waals surface area contributed by atoms with Gasteiger partial charge in [-0.3, -0.25) is 4.79 Å². The lowest BCUT2D eigenvalue weighted by Gasteiger charge is -2.10. The molecule has 0 radical (unpaired) electrons. The first-order valence-corrected chi connectivity index (χ1v) is 8.27. The van der Waals surface area contributed by atoms with Crippen molar-refractivity contribution in [2.45, 2.75) is 6.61 Å². The molecule has 6 heteroatoms. The Labute approximate surface area is 153 Å². The van der Waals surface area contributed by atoms with Gasteiger partial charge < -0.3 is 9.72 Å². The smallest absolute Gasteiger partial charge is 0.259 e. The lowest BCUT2D eigenvalue weighted by Crippen LogP contribution is -2.09. The van der Waals surface area contributed by atoms with Crippen molar-refractivity contribution in [2.24, 2.45) is 0 Å². The maximum atomic E-state index is 14.4. The summed E-state index contributed by atoms with van der Waals surface area (Å²) in [7, 11) is 0. The average Bonchev–Trinajstić information content (AvgIpc) is 2.68. The number of hydrogen-bond acceptors (Lipinski definition) is 3. The third kappa shape index (κ3) is 3.42. The van der Waals surface area contributed by atoms with E-state index in [2.05, 4.69) is 9.97 Å². The van der Waals surface area contributed by atoms with Gasteiger partial charge in [-0.15, -0.1) is 0 Å². The number of aromatic amines is 1. The molecule has 1 N–H and O–H groups in total. The van der Waals surface area contributed by atoms with Gasteiger partial charge >= 0.3 is 0 Å². The molecule has 4 nitrogen and oxygen atoms in total. The highest BCUT2D eigenvalue weighted by Crippen LogP contribution is 2.28. The zero-order valence-corrected chi connectivity index (χ0v) is 14.1. The maximum Gasteiger partial charge on any atom is 0.259 e. The number of rotatable bonds is 4. The van der Waals surface area contributed by atoms with Gasteiger partial charge in [0.25, 0.3) is 5.56 Å². The maximum absolute atomic E-state index is 14.4. The Balaban J connectivity index is 1.68. The summed E-state index contributed by atoms with van der Waals surface area (Å²) in [5.41, 5.74) is 0.989. The topological polar surface area (TPSA) is 55.0 Å². The molecule has 0 fully saturated rings. The van der Waals surface area contributed by atoms with Crippen LogP contribution in [0, 0.1) is 11.6 Å². The molecule has 0 aliphatic carbocycles. The standard InChI is InChI=1S/C21H14F2N2O2/c22-16-10-14(20-24-18-9-5-4-8-15(18)21(26)25-20)11-17(23)19(16)27-12-13-6-2-1-3-7-13/h1-11H,12H2,(H,24,25,26). The number of aromatic nitrogens is 2. The highest BCUT2D eigenvalue weighted by atomic mass is 19.1. The molecule has 0 spiro atoms. The molecular weight excluding hydrogens is 350 g/mol. The van der Waals surface area contributed by atoms with Crippen LogP contribution in [0.5, 0.6) is 5.75 Å². The fourth-order valence-electron chi connectivity index (χ4n) is 2.79. The minimum absolute atomic E-state index is 0.0408. The number of benzene rings is 3. The number of H-pyrrole nitrogens is 1. The summed E-state index contributed by atoms with van der Waals surface area (Å²) in [6, 6.07) is 18.0. The first-order chi connectivity index (χ1) is 13.1. The van der Waals surface area contributed by atoms with Crippen LogP contribution in [0.2, 0.25) is 0 Å². The van der Waals surface area contributed by atoms with Crippen LogP contribution in [0.1, 0.15) is 5.56 Å². The highest BCUT2D eigenvalue weighted by molar-refractivity contribution is 5.79. The van der Waals surface area contributed by atoms with Crippen molar-refractivity contribution >= 4 is 10.9 Å². The van der Waals surface area contributed by atoms with Crippen LogP contribution in [0.3, 0.4) is 0 Å². The van der Waals surface area contributed by atoms with Crippen molar-refractivity contribution in [1.29, 1.82) is 0 Å². The Morgan fingerprint density at radius 2 is 1.59 bits per heavy atom. The van der Waals surface area contributed by atoms with E-state index in [4.69, 9.17) is 4.74 Å². The van der Waals surface area contributed by atoms with Gasteiger partial charge in [-0.1, -0.05) is 42.5 Å². The monoisotopic (exact) mass is 364 g/mol. The number of hydrogen-bond donors (Lipinski definition) is 1. The van der Waals surface area contributed by atoms with Gasteiger partial charge in [-0.2, -0.15) is 0 Å². The third-order valence-electron chi connectivity index (χ3n) is 4.11. The molecule has 0 saturated carbocycles. The molecular formula is C21H14F2N2O2. The number of halogens is 2. The minimum Gasteiger partial charge on any atom is -0.483 e. The van der Waals surface area contributed by atoms with Crippen LogP contribution < -0.4 is 10.3 Å². The second-order valence-corrected chi connectivity index (χ2v) is 5.97. The summed E-state index contributed by atoms with van der Waals surface area (Å²) < 4.78 is 34.2. The number of nitrogens with one attached hydrogen (secondary N) is 1. The van der Waals surface area contributed by atoms with Crippen LogP contribution in [0.4, 0.5) is 8.78 Å². The van der Waals surface area contributed by atoms with E-state index in [0.717, 1.165) is 17.7 Å². The van der Waals surface area contributed by atoms with E-state index < -0.39 is 17.4 Å². The molecule has 27 heavy (non-hydrogen) atoms. The van der Waals surface area contributed by atoms with E-state index in [9.17, 15) is 13.6 Å². The Morgan fingerprint density at radius 1 is 0.926 bits per heavy atom. The average molecular weight is 364 g/mol. The van der Waals surface area contributed by atoms with E-state index in [0.29, 0.717) is 10.9 Å². The number of nitrogens with zero attached hydrogens (tertiary/aromatic N) is 1. The van der Waals surface area contributed by atoms with Crippen molar-refractivity contribution in [3.05, 3.63) is 94.3 Å². The molecule has 0 aliphatic rings. The Kier molecular flexibility index (Phi) is 4.38. The number of ether oxygens (including phenoxy) is 1. The summed E-state index contributed by atoms with van der Waals surface area (Å²) in [6.45, 7) is 0.0408. The van der Waals surface area contributed by atoms with Crippen LogP contribution in [0.25, 0.3) is 22.3 Å². The van der Waals surface area contributed by atoms with E-state index in [1.54, 1.807) is 36.4 Å². The molecule has 1 heterocycles. The molecule has 0 aliphatic heterocycles. The predicted molar refractivity (Wildman–Crippen MR) is 98.5 cm³/mol. The second kappa shape index (κ2) is 6.99. The first-order valence-electron chi connectivity index (χ1n) is 8.27. The predicted octanol–water partition coefficient (Wildman–Crippen LogP) is 4.45. The lowest BCUT2D eigenvalue weighted by atomic mass is 10.1. The summed E-state index contributed by atoms with van der Waals surface area (Å²) in [6.07, 6.45) is 0. The Bertz CT molecular complexity index is 1150. The lowest BCUT2D eigenvalue weighted by molar-refractivity contribution is 0.274. The molecule has 4 aromatic rings. The van der Waals surface area contributed by atoms with Crippen molar-refractivity contribution in [1.82, 2.24) is 9.97 Å². The van der Waals surface area contributed by atoms with Crippen molar-refractivity contribution in [2.75, 3.05) is 0 Å². The molecule has 0 bridgehead atoms. The molecule has 0 saturated heterocycles. The Hall–Kier alpha value is -3.54. The first kappa shape index (κ1) is 16.9. The molecule has 0 amide bonds. The summed E-state index contributed by atoms with van der Waals surface area (Å²) in [5.74, 6) is -2.11. The molecule has 0 unspecified atom stereocenters. The van der Waals surface area contributed by atoms with Gasteiger partial charge in [0, 0.05) is 5.56 Å². The van der Waals surface area contributed by atoms with Crippen LogP contribution in [0.15, 0.2) is 71.5 Å². The molecule has 0 atom stereocenters. The fourth-order valence-corrected chi connectivity index (χ4v) is 2.79. The zero-order valence-electron chi connectivity index (χ0n) is 14.1. The Morgan fingerprint density at radius 3 is 2.33 bits per heavy atom. The van der Waals surface area contributed by atoms with Gasteiger partial charge in [0.2, 0.25) is 0 Å². The molecule has 1 aromatic heterocycles. The van der Waals surface area contributed by atoms with Crippen molar-refractivity contribution < 1.29 is 13.5 Å². The highest BCUT2D eigenvalue weighted by Gasteiger charge is 2.15. The van der Waals surface area contributed by atoms with Crippen LogP contribution >= 0.6 is 0 Å². The number of fused-ring (bicyclic) bond motifs is 1. The van der Waals surface area contributed by atoms with Crippen LogP contribution in [-0.4, -0.2) is 9.97 Å². The van der Waals surface area contributed by atoms with Crippen molar-refractivity contribution in [3.63, 3.8) is 0 Å². The minimum atomic E-state index is -0.864. The molecule has 134 valence electrons. The van der Waals surface area contributed by atoms with Gasteiger partial charge in [0.05, 0.1) is 10.9 Å². The largest absolute Gasteiger partial charge is 0.483 e. The number of para-hydroxylation sites is 1. The van der Waals surface area contributed by atoms with Crippen LogP contribution in [-0.2, 0) is 6.61 Å². The van der Waals surface area contributed by atoms with E-state index >= 15 is 0 Å². The summed E-state index contributed by atoms with van der Waals surface area (Å²) in [5, 5.41) is 0.407. The molecule has 3 aromatic carbocycles. The van der Waals surface area contributed by atoms with Gasteiger partial charge in [-0.05, 0) is 29.8 Å². The molecule has 4 rings (SSSR count). The van der Waals surface area contributed by atoms with Crippen molar-refractivity contribution in [3.8, 4) is 17.1 Å². The summed E-state index contributed by atoms with van der Waals surface area (Å²) >= 11 is 0. The van der Waals surface area contributed by atoms with E-state index in [-0.39, 0.29) is 23.6 Å². The van der Waals surface area contributed by atoms with E-state index in [1.165, 1.54) is 0 Å². The zero-order chi connectivity index (χ0) is 18.8. The third-order valence-corrected chi connectivity index (χ3v) is 4.11. The van der Waals surface area contributed by atoms with E-state index in [1.807, 2.05) is 18.2 Å². The normalized spacial score (nSPS) is 10.9. The van der Waals surface area contributed by atoms with Gasteiger partial charge in [-0.25, -0.2) is 13.8 Å². The summed E-state index contributed by atoms with van der Waals surface area (Å²) in [4.78, 5) is 19.0. The quantitative estimate of drug-likeness (QED) is 0.582.